The average Bonchev–Trinajstić information content (AvgIpc) is 2.66. The molecule has 7 nitrogen and oxygen atoms in total. The van der Waals surface area contributed by atoms with Crippen LogP contribution in [-0.4, -0.2) is 29.2 Å². The van der Waals surface area contributed by atoms with E-state index in [1.54, 1.807) is 31.2 Å². The lowest BCUT2D eigenvalue weighted by Gasteiger charge is -2.07. The van der Waals surface area contributed by atoms with Crippen molar-refractivity contribution >= 4 is 35.0 Å². The molecule has 0 fully saturated rings. The lowest BCUT2D eigenvalue weighted by atomic mass is 10.2. The monoisotopic (exact) mass is 386 g/mol. The molecule has 0 aliphatic carbocycles. The first-order chi connectivity index (χ1) is 13.0. The first-order valence-electron chi connectivity index (χ1n) is 8.11. The molecule has 0 spiro atoms. The number of benzene rings is 2. The first kappa shape index (κ1) is 20.2. The van der Waals surface area contributed by atoms with E-state index in [1.165, 1.54) is 42.1 Å². The van der Waals surface area contributed by atoms with Crippen LogP contribution in [0.3, 0.4) is 0 Å². The van der Waals surface area contributed by atoms with Gasteiger partial charge in [0, 0.05) is 40.1 Å². The maximum Gasteiger partial charge on any atom is 0.330 e. The van der Waals surface area contributed by atoms with Gasteiger partial charge in [-0.15, -0.1) is 11.8 Å². The quantitative estimate of drug-likeness (QED) is 0.241. The third-order valence-corrected chi connectivity index (χ3v) is 4.24. The zero-order chi connectivity index (χ0) is 19.6. The lowest BCUT2D eigenvalue weighted by molar-refractivity contribution is -0.384. The third kappa shape index (κ3) is 6.59. The summed E-state index contributed by atoms with van der Waals surface area (Å²) in [6, 6.07) is 12.7. The van der Waals surface area contributed by atoms with Crippen molar-refractivity contribution < 1.29 is 19.2 Å². The van der Waals surface area contributed by atoms with Crippen molar-refractivity contribution in [1.82, 2.24) is 0 Å². The molecular weight excluding hydrogens is 368 g/mol. The van der Waals surface area contributed by atoms with Crippen LogP contribution in [0.5, 0.6) is 0 Å². The van der Waals surface area contributed by atoms with Crippen LogP contribution in [0.15, 0.2) is 65.6 Å². The van der Waals surface area contributed by atoms with E-state index in [9.17, 15) is 19.7 Å². The molecule has 1 N–H and O–H groups in total. The minimum atomic E-state index is -0.544. The highest BCUT2D eigenvalue weighted by molar-refractivity contribution is 7.99. The van der Waals surface area contributed by atoms with Crippen molar-refractivity contribution in [2.24, 2.45) is 0 Å². The molecule has 2 aromatic rings. The second kappa shape index (κ2) is 10.1. The van der Waals surface area contributed by atoms with Gasteiger partial charge in [-0.3, -0.25) is 14.9 Å². The standard InChI is InChI=1S/C19H18N2O5S/c1-2-26-18(22)10-5-11-27-17-9-4-7-15(13-17)20-19(23)14-6-3-8-16(12-14)21(24)25/h3-10,12-13H,2,11H2,1H3,(H,20,23)/b10-5+. The molecule has 0 aliphatic heterocycles. The number of thioether (sulfide) groups is 1. The summed E-state index contributed by atoms with van der Waals surface area (Å²) in [6.07, 6.45) is 3.08. The molecule has 27 heavy (non-hydrogen) atoms. The van der Waals surface area contributed by atoms with Crippen LogP contribution < -0.4 is 5.32 Å². The number of ether oxygens (including phenoxy) is 1. The third-order valence-electron chi connectivity index (χ3n) is 3.30. The van der Waals surface area contributed by atoms with Crippen molar-refractivity contribution in [3.8, 4) is 0 Å². The summed E-state index contributed by atoms with van der Waals surface area (Å²) in [5.74, 6) is -0.236. The van der Waals surface area contributed by atoms with E-state index in [1.807, 2.05) is 6.07 Å². The summed E-state index contributed by atoms with van der Waals surface area (Å²) in [5.41, 5.74) is 0.644. The van der Waals surface area contributed by atoms with E-state index in [4.69, 9.17) is 4.74 Å². The molecule has 0 aliphatic rings. The van der Waals surface area contributed by atoms with Crippen LogP contribution >= 0.6 is 11.8 Å². The number of rotatable bonds is 8. The van der Waals surface area contributed by atoms with Crippen LogP contribution in [0, 0.1) is 10.1 Å². The fraction of sp³-hybridized carbons (Fsp3) is 0.158. The Morgan fingerprint density at radius 2 is 2.00 bits per heavy atom. The Kier molecular flexibility index (Phi) is 7.57. The van der Waals surface area contributed by atoms with Crippen molar-refractivity contribution in [1.29, 1.82) is 0 Å². The largest absolute Gasteiger partial charge is 0.463 e. The molecule has 0 radical (unpaired) electrons. The van der Waals surface area contributed by atoms with E-state index in [-0.39, 0.29) is 17.2 Å². The van der Waals surface area contributed by atoms with E-state index in [0.29, 0.717) is 18.0 Å². The number of hydrogen-bond donors (Lipinski definition) is 1. The van der Waals surface area contributed by atoms with Gasteiger partial charge < -0.3 is 10.1 Å². The highest BCUT2D eigenvalue weighted by Gasteiger charge is 2.11. The van der Waals surface area contributed by atoms with Gasteiger partial charge in [-0.1, -0.05) is 18.2 Å². The summed E-state index contributed by atoms with van der Waals surface area (Å²) < 4.78 is 4.80. The van der Waals surface area contributed by atoms with Gasteiger partial charge in [-0.05, 0) is 31.2 Å². The highest BCUT2D eigenvalue weighted by Crippen LogP contribution is 2.22. The molecule has 0 saturated carbocycles. The number of carbonyl (C=O) groups excluding carboxylic acids is 2. The summed E-state index contributed by atoms with van der Waals surface area (Å²) >= 11 is 1.49. The highest BCUT2D eigenvalue weighted by atomic mass is 32.2. The van der Waals surface area contributed by atoms with Crippen LogP contribution in [0.1, 0.15) is 17.3 Å². The summed E-state index contributed by atoms with van der Waals surface area (Å²) in [6.45, 7) is 2.08. The molecule has 140 valence electrons. The number of anilines is 1. The molecule has 2 aromatic carbocycles. The van der Waals surface area contributed by atoms with Crippen molar-refractivity contribution in [2.75, 3.05) is 17.7 Å². The fourth-order valence-corrected chi connectivity index (χ4v) is 2.88. The molecular formula is C19H18N2O5S. The van der Waals surface area contributed by atoms with Crippen LogP contribution in [0.2, 0.25) is 0 Å². The van der Waals surface area contributed by atoms with Gasteiger partial charge in [0.05, 0.1) is 11.5 Å². The maximum absolute atomic E-state index is 12.3. The molecule has 1 amide bonds. The Balaban J connectivity index is 1.97. The van der Waals surface area contributed by atoms with Crippen LogP contribution in [-0.2, 0) is 9.53 Å². The van der Waals surface area contributed by atoms with Gasteiger partial charge in [-0.2, -0.15) is 0 Å². The van der Waals surface area contributed by atoms with Gasteiger partial charge >= 0.3 is 5.97 Å². The Morgan fingerprint density at radius 1 is 1.22 bits per heavy atom. The number of nitro benzene ring substituents is 1. The zero-order valence-electron chi connectivity index (χ0n) is 14.6. The van der Waals surface area contributed by atoms with E-state index < -0.39 is 10.8 Å². The van der Waals surface area contributed by atoms with E-state index in [2.05, 4.69) is 5.32 Å². The van der Waals surface area contributed by atoms with Crippen molar-refractivity contribution in [3.63, 3.8) is 0 Å². The van der Waals surface area contributed by atoms with Crippen LogP contribution in [0.4, 0.5) is 11.4 Å². The number of nitrogens with zero attached hydrogens (tertiary/aromatic N) is 1. The fourth-order valence-electron chi connectivity index (χ4n) is 2.11. The molecule has 0 bridgehead atoms. The Morgan fingerprint density at radius 3 is 2.74 bits per heavy atom. The lowest BCUT2D eigenvalue weighted by Crippen LogP contribution is -2.12. The predicted octanol–water partition coefficient (Wildman–Crippen LogP) is 4.06. The molecule has 0 saturated heterocycles. The number of amides is 1. The number of nitro groups is 1. The summed E-state index contributed by atoms with van der Waals surface area (Å²) in [5, 5.41) is 13.5. The van der Waals surface area contributed by atoms with Crippen LogP contribution in [0.25, 0.3) is 0 Å². The molecule has 0 aromatic heterocycles. The topological polar surface area (TPSA) is 98.5 Å². The minimum Gasteiger partial charge on any atom is -0.463 e. The number of carbonyl (C=O) groups is 2. The maximum atomic E-state index is 12.3. The first-order valence-corrected chi connectivity index (χ1v) is 9.10. The summed E-state index contributed by atoms with van der Waals surface area (Å²) in [7, 11) is 0. The van der Waals surface area contributed by atoms with E-state index >= 15 is 0 Å². The average molecular weight is 386 g/mol. The van der Waals surface area contributed by atoms with Gasteiger partial charge in [-0.25, -0.2) is 4.79 Å². The van der Waals surface area contributed by atoms with Crippen molar-refractivity contribution in [3.05, 3.63) is 76.4 Å². The molecule has 0 atom stereocenters. The van der Waals surface area contributed by atoms with E-state index in [0.717, 1.165) is 4.90 Å². The van der Waals surface area contributed by atoms with Crippen molar-refractivity contribution in [2.45, 2.75) is 11.8 Å². The zero-order valence-corrected chi connectivity index (χ0v) is 15.4. The number of esters is 1. The molecule has 0 unspecified atom stereocenters. The number of hydrogen-bond acceptors (Lipinski definition) is 6. The second-order valence-corrected chi connectivity index (χ2v) is 6.35. The number of nitrogens with one attached hydrogen (secondary N) is 1. The minimum absolute atomic E-state index is 0.139. The SMILES string of the molecule is CCOC(=O)/C=C/CSc1cccc(NC(=O)c2cccc([N+](=O)[O-])c2)c1. The molecule has 2 rings (SSSR count). The van der Waals surface area contributed by atoms with Gasteiger partial charge in [0.2, 0.25) is 0 Å². The molecule has 0 heterocycles. The second-order valence-electron chi connectivity index (χ2n) is 5.25. The molecule has 8 heteroatoms. The predicted molar refractivity (Wildman–Crippen MR) is 104 cm³/mol. The Bertz CT molecular complexity index is 867. The summed E-state index contributed by atoms with van der Waals surface area (Å²) in [4.78, 5) is 34.7. The van der Waals surface area contributed by atoms with Gasteiger partial charge in [0.15, 0.2) is 0 Å². The Hall–Kier alpha value is -3.13. The number of non-ortho nitro benzene ring substituents is 1. The van der Waals surface area contributed by atoms with Gasteiger partial charge in [0.1, 0.15) is 0 Å². The smallest absolute Gasteiger partial charge is 0.330 e. The van der Waals surface area contributed by atoms with Gasteiger partial charge in [0.25, 0.3) is 11.6 Å². The Labute approximate surface area is 160 Å². The normalized spacial score (nSPS) is 10.6.